The molecule has 3 nitrogen and oxygen atoms in total. The van der Waals surface area contributed by atoms with Crippen molar-refractivity contribution in [2.45, 2.75) is 57.5 Å². The minimum atomic E-state index is -1.56. The fourth-order valence-corrected chi connectivity index (χ4v) is 5.03. The van der Waals surface area contributed by atoms with E-state index in [1.54, 1.807) is 0 Å². The molecule has 0 saturated heterocycles. The van der Waals surface area contributed by atoms with E-state index in [1.807, 2.05) is 6.92 Å². The van der Waals surface area contributed by atoms with Crippen molar-refractivity contribution in [3.63, 3.8) is 0 Å². The summed E-state index contributed by atoms with van der Waals surface area (Å²) in [6, 6.07) is 6.93. The lowest BCUT2D eigenvalue weighted by molar-refractivity contribution is 0.160. The molecule has 204 valence electrons. The second-order valence-corrected chi connectivity index (χ2v) is 9.70. The summed E-state index contributed by atoms with van der Waals surface area (Å²) < 4.78 is 91.9. The molecule has 1 aliphatic carbocycles. The van der Waals surface area contributed by atoms with Crippen molar-refractivity contribution in [1.82, 2.24) is 0 Å². The fourth-order valence-electron chi connectivity index (χ4n) is 5.03. The third-order valence-electron chi connectivity index (χ3n) is 7.22. The Morgan fingerprint density at radius 3 is 2.05 bits per heavy atom. The predicted molar refractivity (Wildman–Crippen MR) is 130 cm³/mol. The van der Waals surface area contributed by atoms with Crippen LogP contribution in [0.5, 0.6) is 11.5 Å². The van der Waals surface area contributed by atoms with Gasteiger partial charge in [-0.3, -0.25) is 0 Å². The zero-order valence-electron chi connectivity index (χ0n) is 20.7. The molecule has 0 spiro atoms. The summed E-state index contributed by atoms with van der Waals surface area (Å²) in [5, 5.41) is 19.3. The Kier molecular flexibility index (Phi) is 8.55. The summed E-state index contributed by atoms with van der Waals surface area (Å²) in [5.41, 5.74) is -0.850. The van der Waals surface area contributed by atoms with Crippen molar-refractivity contribution in [2.24, 2.45) is 5.92 Å². The third kappa shape index (κ3) is 5.48. The van der Waals surface area contributed by atoms with Gasteiger partial charge in [0, 0.05) is 16.7 Å². The van der Waals surface area contributed by atoms with E-state index < -0.39 is 57.9 Å². The van der Waals surface area contributed by atoms with Crippen molar-refractivity contribution < 1.29 is 41.3 Å². The molecule has 1 aliphatic rings. The smallest absolute Gasteiger partial charge is 0.201 e. The number of aliphatic hydroxyl groups is 1. The largest absolute Gasteiger partial charge is 0.505 e. The van der Waals surface area contributed by atoms with Crippen molar-refractivity contribution in [1.29, 1.82) is 0 Å². The minimum absolute atomic E-state index is 0.0319. The van der Waals surface area contributed by atoms with E-state index in [0.717, 1.165) is 24.3 Å². The van der Waals surface area contributed by atoms with E-state index in [9.17, 15) is 36.6 Å². The lowest BCUT2D eigenvalue weighted by atomic mass is 9.78. The van der Waals surface area contributed by atoms with Crippen LogP contribution in [0.25, 0.3) is 11.1 Å². The van der Waals surface area contributed by atoms with Gasteiger partial charge in [0.15, 0.2) is 34.8 Å². The molecule has 3 aromatic carbocycles. The molecule has 1 saturated carbocycles. The van der Waals surface area contributed by atoms with Crippen molar-refractivity contribution in [3.8, 4) is 22.6 Å². The molecular formula is C29H28F6O3. The molecule has 0 aromatic heterocycles. The Bertz CT molecular complexity index is 1300. The zero-order valence-corrected chi connectivity index (χ0v) is 20.7. The number of phenolic OH excluding ortho intramolecular Hbond substituents is 1. The van der Waals surface area contributed by atoms with Crippen LogP contribution in [0, 0.1) is 40.8 Å². The first kappa shape index (κ1) is 27.8. The summed E-state index contributed by atoms with van der Waals surface area (Å²) in [4.78, 5) is 0. The topological polar surface area (TPSA) is 49.7 Å². The summed E-state index contributed by atoms with van der Waals surface area (Å²) in [6.07, 6.45) is 2.18. The minimum Gasteiger partial charge on any atom is -0.505 e. The van der Waals surface area contributed by atoms with Gasteiger partial charge in [-0.2, -0.15) is 8.78 Å². The number of halogens is 6. The Labute approximate surface area is 216 Å². The number of rotatable bonds is 8. The van der Waals surface area contributed by atoms with Gasteiger partial charge in [0.1, 0.15) is 0 Å². The Hall–Kier alpha value is -3.20. The highest BCUT2D eigenvalue weighted by Crippen LogP contribution is 2.39. The quantitative estimate of drug-likeness (QED) is 0.285. The molecule has 0 radical (unpaired) electrons. The molecule has 1 fully saturated rings. The first-order valence-electron chi connectivity index (χ1n) is 12.6. The molecule has 0 aliphatic heterocycles. The first-order valence-corrected chi connectivity index (χ1v) is 12.6. The molecule has 2 N–H and O–H groups in total. The van der Waals surface area contributed by atoms with Crippen molar-refractivity contribution >= 4 is 0 Å². The molecule has 1 atom stereocenters. The van der Waals surface area contributed by atoms with E-state index in [4.69, 9.17) is 4.74 Å². The van der Waals surface area contributed by atoms with Gasteiger partial charge >= 0.3 is 0 Å². The average Bonchev–Trinajstić information content (AvgIpc) is 2.91. The number of aliphatic hydroxyl groups excluding tert-OH is 1. The Morgan fingerprint density at radius 2 is 1.39 bits per heavy atom. The molecule has 1 unspecified atom stereocenters. The van der Waals surface area contributed by atoms with Gasteiger partial charge < -0.3 is 14.9 Å². The predicted octanol–water partition coefficient (Wildman–Crippen LogP) is 8.08. The molecule has 3 aromatic rings. The standard InChI is InChI=1S/C29H28F6O3/c1-2-3-21(36)20-9-8-17(24(30)27(20)33)16-6-4-15(5-7-16)14-38-23-13-11-19(26(32)29(23)35)18-10-12-22(37)28(34)25(18)31/h8-13,15-16,21,36-37H,2-7,14H2,1H3. The maximum Gasteiger partial charge on any atom is 0.201 e. The Balaban J connectivity index is 1.39. The van der Waals surface area contributed by atoms with E-state index in [1.165, 1.54) is 12.1 Å². The fraction of sp³-hybridized carbons (Fsp3) is 0.379. The van der Waals surface area contributed by atoms with Gasteiger partial charge in [0.05, 0.1) is 12.7 Å². The molecule has 0 amide bonds. The second-order valence-electron chi connectivity index (χ2n) is 9.70. The zero-order chi connectivity index (χ0) is 27.6. The number of ether oxygens (including phenoxy) is 1. The van der Waals surface area contributed by atoms with Crippen LogP contribution >= 0.6 is 0 Å². The number of hydrogen-bond donors (Lipinski definition) is 2. The van der Waals surface area contributed by atoms with E-state index in [2.05, 4.69) is 0 Å². The highest BCUT2D eigenvalue weighted by Gasteiger charge is 2.28. The van der Waals surface area contributed by atoms with Crippen LogP contribution in [-0.2, 0) is 0 Å². The van der Waals surface area contributed by atoms with Gasteiger partial charge in [-0.25, -0.2) is 17.6 Å². The number of phenols is 1. The summed E-state index contributed by atoms with van der Waals surface area (Å²) in [7, 11) is 0. The summed E-state index contributed by atoms with van der Waals surface area (Å²) >= 11 is 0. The van der Waals surface area contributed by atoms with Gasteiger partial charge in [0.2, 0.25) is 11.6 Å². The summed E-state index contributed by atoms with van der Waals surface area (Å²) in [5.74, 6) is -9.39. The maximum absolute atomic E-state index is 14.8. The van der Waals surface area contributed by atoms with E-state index in [0.29, 0.717) is 38.5 Å². The van der Waals surface area contributed by atoms with Crippen molar-refractivity contribution in [2.75, 3.05) is 6.61 Å². The SMILES string of the molecule is CCCC(O)c1ccc(C2CCC(COc3ccc(-c4ccc(O)c(F)c4F)c(F)c3F)CC2)c(F)c1F. The van der Waals surface area contributed by atoms with Crippen LogP contribution in [0.15, 0.2) is 36.4 Å². The van der Waals surface area contributed by atoms with Crippen molar-refractivity contribution in [3.05, 3.63) is 82.4 Å². The number of hydrogen-bond acceptors (Lipinski definition) is 3. The lowest BCUT2D eigenvalue weighted by Gasteiger charge is -2.29. The molecular weight excluding hydrogens is 510 g/mol. The normalized spacial score (nSPS) is 18.4. The van der Waals surface area contributed by atoms with Crippen LogP contribution in [0.3, 0.4) is 0 Å². The molecule has 4 rings (SSSR count). The van der Waals surface area contributed by atoms with Crippen LogP contribution in [0.2, 0.25) is 0 Å². The van der Waals surface area contributed by atoms with Gasteiger partial charge in [0.25, 0.3) is 0 Å². The Morgan fingerprint density at radius 1 is 0.763 bits per heavy atom. The number of aromatic hydroxyl groups is 1. The van der Waals surface area contributed by atoms with Gasteiger partial charge in [-0.1, -0.05) is 25.5 Å². The monoisotopic (exact) mass is 538 g/mol. The molecule has 0 heterocycles. The molecule has 9 heteroatoms. The lowest BCUT2D eigenvalue weighted by Crippen LogP contribution is -2.20. The highest BCUT2D eigenvalue weighted by atomic mass is 19.2. The molecule has 38 heavy (non-hydrogen) atoms. The second kappa shape index (κ2) is 11.7. The van der Waals surface area contributed by atoms with Gasteiger partial charge in [-0.15, -0.1) is 0 Å². The van der Waals surface area contributed by atoms with Crippen LogP contribution in [-0.4, -0.2) is 16.8 Å². The van der Waals surface area contributed by atoms with Crippen LogP contribution < -0.4 is 4.74 Å². The van der Waals surface area contributed by atoms with Crippen LogP contribution in [0.4, 0.5) is 26.3 Å². The number of benzene rings is 3. The van der Waals surface area contributed by atoms with E-state index >= 15 is 0 Å². The average molecular weight is 539 g/mol. The summed E-state index contributed by atoms with van der Waals surface area (Å²) in [6.45, 7) is 1.90. The first-order chi connectivity index (χ1) is 18.1. The maximum atomic E-state index is 14.8. The van der Waals surface area contributed by atoms with E-state index in [-0.39, 0.29) is 35.3 Å². The van der Waals surface area contributed by atoms with Crippen LogP contribution in [0.1, 0.15) is 68.6 Å². The molecule has 0 bridgehead atoms. The third-order valence-corrected chi connectivity index (χ3v) is 7.22. The van der Waals surface area contributed by atoms with Gasteiger partial charge in [-0.05, 0) is 73.8 Å². The highest BCUT2D eigenvalue weighted by molar-refractivity contribution is 5.67.